The fourth-order valence-corrected chi connectivity index (χ4v) is 1.94. The summed E-state index contributed by atoms with van der Waals surface area (Å²) >= 11 is 5.89. The number of hydrogen-bond donors (Lipinski definition) is 1. The van der Waals surface area contributed by atoms with E-state index in [0.29, 0.717) is 5.56 Å². The fourth-order valence-electron chi connectivity index (χ4n) is 1.68. The Morgan fingerprint density at radius 1 is 1.26 bits per heavy atom. The van der Waals surface area contributed by atoms with Crippen molar-refractivity contribution in [2.45, 2.75) is 19.6 Å². The van der Waals surface area contributed by atoms with Crippen molar-refractivity contribution in [1.82, 2.24) is 9.78 Å². The van der Waals surface area contributed by atoms with E-state index in [9.17, 15) is 13.2 Å². The van der Waals surface area contributed by atoms with Gasteiger partial charge in [0, 0.05) is 5.56 Å². The van der Waals surface area contributed by atoms with E-state index in [0.717, 1.165) is 4.68 Å². The highest BCUT2D eigenvalue weighted by molar-refractivity contribution is 6.30. The van der Waals surface area contributed by atoms with Gasteiger partial charge in [0.2, 0.25) is 0 Å². The van der Waals surface area contributed by atoms with Crippen LogP contribution in [0.5, 0.6) is 0 Å². The minimum atomic E-state index is -2.81. The molecule has 2 rings (SSSR count). The van der Waals surface area contributed by atoms with E-state index in [1.165, 1.54) is 24.3 Å². The van der Waals surface area contributed by atoms with Gasteiger partial charge >= 0.3 is 0 Å². The van der Waals surface area contributed by atoms with E-state index in [1.54, 1.807) is 0 Å². The zero-order chi connectivity index (χ0) is 14.0. The molecule has 1 aromatic carbocycles. The second-order valence-electron chi connectivity index (χ2n) is 3.90. The number of aliphatic hydroxyl groups is 1. The summed E-state index contributed by atoms with van der Waals surface area (Å²) in [4.78, 5) is 0. The minimum absolute atomic E-state index is 0.0397. The van der Waals surface area contributed by atoms with Crippen LogP contribution >= 0.6 is 11.6 Å². The van der Waals surface area contributed by atoms with Crippen molar-refractivity contribution in [3.05, 3.63) is 52.1 Å². The minimum Gasteiger partial charge on any atom is -0.391 e. The van der Waals surface area contributed by atoms with Crippen molar-refractivity contribution in [1.29, 1.82) is 0 Å². The number of benzene rings is 1. The highest BCUT2D eigenvalue weighted by Gasteiger charge is 2.22. The zero-order valence-corrected chi connectivity index (χ0v) is 10.4. The number of hydrogen-bond acceptors (Lipinski definition) is 2. The van der Waals surface area contributed by atoms with Gasteiger partial charge in [0.1, 0.15) is 16.7 Å². The van der Waals surface area contributed by atoms with Crippen LogP contribution in [0.3, 0.4) is 0 Å². The second-order valence-corrected chi connectivity index (χ2v) is 4.26. The maximum Gasteiger partial charge on any atom is 0.282 e. The van der Waals surface area contributed by atoms with Gasteiger partial charge in [0.05, 0.1) is 13.2 Å². The third kappa shape index (κ3) is 2.90. The molecule has 1 N–H and O–H groups in total. The average molecular weight is 291 g/mol. The van der Waals surface area contributed by atoms with Crippen LogP contribution in [0.15, 0.2) is 24.3 Å². The highest BCUT2D eigenvalue weighted by atomic mass is 35.5. The zero-order valence-electron chi connectivity index (χ0n) is 9.65. The lowest BCUT2D eigenvalue weighted by molar-refractivity contribution is 0.141. The molecule has 7 heteroatoms. The third-order valence-electron chi connectivity index (χ3n) is 2.62. The Balaban J connectivity index is 2.32. The number of halogens is 4. The summed E-state index contributed by atoms with van der Waals surface area (Å²) < 4.78 is 39.3. The van der Waals surface area contributed by atoms with E-state index in [-0.39, 0.29) is 23.1 Å². The first-order valence-electron chi connectivity index (χ1n) is 5.41. The molecule has 0 fully saturated rings. The molecule has 0 spiro atoms. The Morgan fingerprint density at radius 2 is 1.89 bits per heavy atom. The molecule has 1 heterocycles. The molecule has 0 saturated carbocycles. The summed E-state index contributed by atoms with van der Waals surface area (Å²) in [5, 5.41) is 12.7. The van der Waals surface area contributed by atoms with Crippen molar-refractivity contribution in [2.75, 3.05) is 0 Å². The smallest absolute Gasteiger partial charge is 0.282 e. The van der Waals surface area contributed by atoms with Crippen LogP contribution in [0.1, 0.15) is 23.2 Å². The molecule has 1 aromatic heterocycles. The first-order chi connectivity index (χ1) is 9.02. The Hall–Kier alpha value is -1.53. The molecule has 0 saturated heterocycles. The normalized spacial score (nSPS) is 11.3. The molecule has 0 aliphatic heterocycles. The average Bonchev–Trinajstić information content (AvgIpc) is 2.69. The van der Waals surface area contributed by atoms with E-state index in [4.69, 9.17) is 16.7 Å². The summed E-state index contributed by atoms with van der Waals surface area (Å²) in [5.74, 6) is -0.389. The van der Waals surface area contributed by atoms with Gasteiger partial charge in [-0.1, -0.05) is 23.7 Å². The standard InChI is InChI=1S/C12H10ClF3N2O/c13-11-9(6-19)10(12(15)16)17-18(11)5-7-1-3-8(14)4-2-7/h1-4,12,19H,5-6H2. The maximum atomic E-state index is 12.8. The van der Waals surface area contributed by atoms with Crippen molar-refractivity contribution >= 4 is 11.6 Å². The van der Waals surface area contributed by atoms with Gasteiger partial charge in [-0.3, -0.25) is 0 Å². The summed E-state index contributed by atoms with van der Waals surface area (Å²) in [5.41, 5.74) is 0.0458. The molecule has 0 aliphatic rings. The van der Waals surface area contributed by atoms with Crippen LogP contribution in [-0.4, -0.2) is 14.9 Å². The number of rotatable bonds is 4. The van der Waals surface area contributed by atoms with Crippen LogP contribution < -0.4 is 0 Å². The van der Waals surface area contributed by atoms with Crippen molar-refractivity contribution in [2.24, 2.45) is 0 Å². The molecule has 0 radical (unpaired) electrons. The number of alkyl halides is 2. The van der Waals surface area contributed by atoms with Crippen LogP contribution in [0.25, 0.3) is 0 Å². The van der Waals surface area contributed by atoms with Gasteiger partial charge in [-0.2, -0.15) is 5.10 Å². The van der Waals surface area contributed by atoms with Gasteiger partial charge in [-0.25, -0.2) is 17.9 Å². The second kappa shape index (κ2) is 5.63. The van der Waals surface area contributed by atoms with Gasteiger partial charge in [-0.05, 0) is 17.7 Å². The van der Waals surface area contributed by atoms with Gasteiger partial charge < -0.3 is 5.11 Å². The Bertz CT molecular complexity index is 569. The van der Waals surface area contributed by atoms with E-state index < -0.39 is 18.7 Å². The fraction of sp³-hybridized carbons (Fsp3) is 0.250. The molecule has 0 bridgehead atoms. The summed E-state index contributed by atoms with van der Waals surface area (Å²) in [6.45, 7) is -0.485. The maximum absolute atomic E-state index is 12.8. The molecule has 3 nitrogen and oxygen atoms in total. The molecule has 19 heavy (non-hydrogen) atoms. The largest absolute Gasteiger partial charge is 0.391 e. The van der Waals surface area contributed by atoms with Crippen LogP contribution in [0.4, 0.5) is 13.2 Å². The van der Waals surface area contributed by atoms with Crippen molar-refractivity contribution in [3.8, 4) is 0 Å². The molecular weight excluding hydrogens is 281 g/mol. The molecule has 102 valence electrons. The van der Waals surface area contributed by atoms with Gasteiger partial charge in [0.15, 0.2) is 0 Å². The Labute approximate surface area is 112 Å². The Morgan fingerprint density at radius 3 is 2.37 bits per heavy atom. The number of nitrogens with zero attached hydrogens (tertiary/aromatic N) is 2. The SMILES string of the molecule is OCc1c(C(F)F)nn(Cc2ccc(F)cc2)c1Cl. The first-order valence-corrected chi connectivity index (χ1v) is 5.79. The summed E-state index contributed by atoms with van der Waals surface area (Å²) in [6, 6.07) is 5.53. The van der Waals surface area contributed by atoms with E-state index >= 15 is 0 Å². The molecule has 0 unspecified atom stereocenters. The molecule has 0 atom stereocenters. The molecule has 0 amide bonds. The lowest BCUT2D eigenvalue weighted by Gasteiger charge is -2.03. The number of aliphatic hydroxyl groups excluding tert-OH is 1. The van der Waals surface area contributed by atoms with Gasteiger partial charge in [-0.15, -0.1) is 0 Å². The van der Waals surface area contributed by atoms with E-state index in [2.05, 4.69) is 5.10 Å². The summed E-state index contributed by atoms with van der Waals surface area (Å²) in [7, 11) is 0. The topological polar surface area (TPSA) is 38.1 Å². The quantitative estimate of drug-likeness (QED) is 0.939. The summed E-state index contributed by atoms with van der Waals surface area (Å²) in [6.07, 6.45) is -2.81. The first kappa shape index (κ1) is 13.9. The van der Waals surface area contributed by atoms with E-state index in [1.807, 2.05) is 0 Å². The monoisotopic (exact) mass is 290 g/mol. The van der Waals surface area contributed by atoms with Crippen molar-refractivity contribution < 1.29 is 18.3 Å². The lowest BCUT2D eigenvalue weighted by Crippen LogP contribution is -2.02. The van der Waals surface area contributed by atoms with Crippen LogP contribution in [-0.2, 0) is 13.2 Å². The van der Waals surface area contributed by atoms with Gasteiger partial charge in [0.25, 0.3) is 6.43 Å². The highest BCUT2D eigenvalue weighted by Crippen LogP contribution is 2.28. The Kier molecular flexibility index (Phi) is 4.11. The van der Waals surface area contributed by atoms with Crippen molar-refractivity contribution in [3.63, 3.8) is 0 Å². The lowest BCUT2D eigenvalue weighted by atomic mass is 10.2. The predicted octanol–water partition coefficient (Wildman–Crippen LogP) is 3.15. The third-order valence-corrected chi connectivity index (χ3v) is 3.05. The van der Waals surface area contributed by atoms with Crippen LogP contribution in [0.2, 0.25) is 5.15 Å². The number of aromatic nitrogens is 2. The van der Waals surface area contributed by atoms with Crippen LogP contribution in [0, 0.1) is 5.82 Å². The predicted molar refractivity (Wildman–Crippen MR) is 63.6 cm³/mol. The molecule has 2 aromatic rings. The molecular formula is C12H10ClF3N2O. The molecule has 0 aliphatic carbocycles.